The second-order valence-corrected chi connectivity index (χ2v) is 4.34. The molecule has 94 valence electrons. The van der Waals surface area contributed by atoms with Crippen molar-refractivity contribution in [2.24, 2.45) is 5.73 Å². The molecule has 0 aromatic heterocycles. The number of nitrogens with two attached hydrogens (primary N) is 1. The number of likely N-dealkylation sites (N-methyl/N-ethyl adjacent to an activating group) is 1. The minimum absolute atomic E-state index is 0.244. The highest BCUT2D eigenvalue weighted by Gasteiger charge is 2.13. The maximum Gasteiger partial charge on any atom is 0.128 e. The Labute approximate surface area is 107 Å². The van der Waals surface area contributed by atoms with E-state index in [1.54, 1.807) is 18.2 Å². The molecule has 0 aliphatic rings. The van der Waals surface area contributed by atoms with Gasteiger partial charge in [0.25, 0.3) is 0 Å². The first kappa shape index (κ1) is 12.6. The van der Waals surface area contributed by atoms with E-state index in [1.165, 1.54) is 6.07 Å². The number of halogens is 1. The second kappa shape index (κ2) is 5.65. The largest absolute Gasteiger partial charge is 0.373 e. The number of para-hydroxylation sites is 1. The van der Waals surface area contributed by atoms with Crippen LogP contribution in [0.1, 0.15) is 11.6 Å². The molecule has 0 amide bonds. The number of benzene rings is 2. The zero-order chi connectivity index (χ0) is 13.0. The molecular formula is C15H17FN2. The van der Waals surface area contributed by atoms with Gasteiger partial charge in [0.05, 0.1) is 6.04 Å². The first-order chi connectivity index (χ1) is 8.68. The van der Waals surface area contributed by atoms with Gasteiger partial charge in [-0.2, -0.15) is 0 Å². The Balaban J connectivity index is 2.08. The summed E-state index contributed by atoms with van der Waals surface area (Å²) < 4.78 is 13.6. The topological polar surface area (TPSA) is 29.3 Å². The molecule has 0 bridgehead atoms. The van der Waals surface area contributed by atoms with E-state index in [1.807, 2.05) is 42.3 Å². The van der Waals surface area contributed by atoms with Crippen molar-refractivity contribution >= 4 is 5.69 Å². The monoisotopic (exact) mass is 244 g/mol. The molecule has 0 heterocycles. The molecule has 2 rings (SSSR count). The van der Waals surface area contributed by atoms with Gasteiger partial charge < -0.3 is 10.6 Å². The second-order valence-electron chi connectivity index (χ2n) is 4.34. The van der Waals surface area contributed by atoms with Crippen molar-refractivity contribution < 1.29 is 4.39 Å². The van der Waals surface area contributed by atoms with E-state index in [2.05, 4.69) is 0 Å². The Kier molecular flexibility index (Phi) is 3.95. The van der Waals surface area contributed by atoms with E-state index in [0.29, 0.717) is 12.1 Å². The summed E-state index contributed by atoms with van der Waals surface area (Å²) in [4.78, 5) is 2.02. The molecule has 2 aromatic carbocycles. The van der Waals surface area contributed by atoms with Gasteiger partial charge in [0.1, 0.15) is 5.82 Å². The summed E-state index contributed by atoms with van der Waals surface area (Å²) >= 11 is 0. The van der Waals surface area contributed by atoms with E-state index >= 15 is 0 Å². The summed E-state index contributed by atoms with van der Waals surface area (Å²) in [6.07, 6.45) is 0. The van der Waals surface area contributed by atoms with Crippen molar-refractivity contribution in [2.75, 3.05) is 18.5 Å². The van der Waals surface area contributed by atoms with Gasteiger partial charge in [-0.25, -0.2) is 4.39 Å². The van der Waals surface area contributed by atoms with E-state index in [-0.39, 0.29) is 11.9 Å². The maximum absolute atomic E-state index is 13.6. The summed E-state index contributed by atoms with van der Waals surface area (Å²) in [7, 11) is 1.95. The zero-order valence-electron chi connectivity index (χ0n) is 10.4. The van der Waals surface area contributed by atoms with Crippen LogP contribution in [0.25, 0.3) is 0 Å². The predicted molar refractivity (Wildman–Crippen MR) is 73.0 cm³/mol. The lowest BCUT2D eigenvalue weighted by Crippen LogP contribution is -2.29. The lowest BCUT2D eigenvalue weighted by Gasteiger charge is -2.23. The van der Waals surface area contributed by atoms with Crippen LogP contribution in [0.2, 0.25) is 0 Å². The lowest BCUT2D eigenvalue weighted by atomic mass is 10.1. The van der Waals surface area contributed by atoms with Crippen molar-refractivity contribution in [3.05, 3.63) is 66.0 Å². The van der Waals surface area contributed by atoms with Crippen LogP contribution >= 0.6 is 0 Å². The molecule has 2 aromatic rings. The van der Waals surface area contributed by atoms with E-state index in [9.17, 15) is 4.39 Å². The minimum atomic E-state index is -0.337. The first-order valence-corrected chi connectivity index (χ1v) is 5.94. The van der Waals surface area contributed by atoms with Crippen LogP contribution in [0.5, 0.6) is 0 Å². The molecule has 1 unspecified atom stereocenters. The molecule has 0 spiro atoms. The lowest BCUT2D eigenvalue weighted by molar-refractivity contribution is 0.580. The molecule has 0 aliphatic heterocycles. The van der Waals surface area contributed by atoms with Gasteiger partial charge in [0, 0.05) is 24.8 Å². The van der Waals surface area contributed by atoms with Crippen molar-refractivity contribution in [2.45, 2.75) is 6.04 Å². The molecule has 2 nitrogen and oxygen atoms in total. The molecule has 0 fully saturated rings. The Morgan fingerprint density at radius 1 is 1.06 bits per heavy atom. The van der Waals surface area contributed by atoms with Gasteiger partial charge in [-0.1, -0.05) is 36.4 Å². The molecule has 2 N–H and O–H groups in total. The fourth-order valence-corrected chi connectivity index (χ4v) is 1.96. The Bertz CT molecular complexity index is 499. The van der Waals surface area contributed by atoms with Crippen LogP contribution < -0.4 is 10.6 Å². The van der Waals surface area contributed by atoms with E-state index in [0.717, 1.165) is 5.69 Å². The van der Waals surface area contributed by atoms with Crippen LogP contribution in [-0.4, -0.2) is 13.6 Å². The smallest absolute Gasteiger partial charge is 0.128 e. The highest BCUT2D eigenvalue weighted by atomic mass is 19.1. The van der Waals surface area contributed by atoms with Crippen LogP contribution in [0.15, 0.2) is 54.6 Å². The third kappa shape index (κ3) is 2.87. The zero-order valence-corrected chi connectivity index (χ0v) is 10.4. The first-order valence-electron chi connectivity index (χ1n) is 5.94. The number of rotatable bonds is 4. The highest BCUT2D eigenvalue weighted by molar-refractivity contribution is 5.45. The Morgan fingerprint density at radius 2 is 1.67 bits per heavy atom. The van der Waals surface area contributed by atoms with Gasteiger partial charge in [0.2, 0.25) is 0 Å². The predicted octanol–water partition coefficient (Wildman–Crippen LogP) is 2.96. The molecule has 0 aliphatic carbocycles. The van der Waals surface area contributed by atoms with Crippen LogP contribution in [-0.2, 0) is 0 Å². The van der Waals surface area contributed by atoms with Gasteiger partial charge in [-0.3, -0.25) is 0 Å². The van der Waals surface area contributed by atoms with Crippen molar-refractivity contribution in [3.8, 4) is 0 Å². The molecule has 1 atom stereocenters. The summed E-state index contributed by atoms with van der Waals surface area (Å²) in [5.41, 5.74) is 7.68. The fraction of sp³-hybridized carbons (Fsp3) is 0.200. The number of hydrogen-bond acceptors (Lipinski definition) is 2. The molecule has 0 saturated carbocycles. The van der Waals surface area contributed by atoms with Gasteiger partial charge in [-0.05, 0) is 18.2 Å². The standard InChI is InChI=1S/C15H17FN2/c1-18(12-7-3-2-4-8-12)11-15(17)13-9-5-6-10-14(13)16/h2-10,15H,11,17H2,1H3. The van der Waals surface area contributed by atoms with Gasteiger partial charge in [-0.15, -0.1) is 0 Å². The van der Waals surface area contributed by atoms with Crippen LogP contribution in [0, 0.1) is 5.82 Å². The van der Waals surface area contributed by atoms with Gasteiger partial charge in [0.15, 0.2) is 0 Å². The Hall–Kier alpha value is -1.87. The SMILES string of the molecule is CN(CC(N)c1ccccc1F)c1ccccc1. The summed E-state index contributed by atoms with van der Waals surface area (Å²) in [6.45, 7) is 0.574. The third-order valence-corrected chi connectivity index (χ3v) is 2.97. The number of anilines is 1. The summed E-state index contributed by atoms with van der Waals surface area (Å²) in [6, 6.07) is 16.2. The minimum Gasteiger partial charge on any atom is -0.373 e. The molecular weight excluding hydrogens is 227 g/mol. The average Bonchev–Trinajstić information content (AvgIpc) is 2.40. The van der Waals surface area contributed by atoms with E-state index < -0.39 is 0 Å². The summed E-state index contributed by atoms with van der Waals surface area (Å²) in [5, 5.41) is 0. The average molecular weight is 244 g/mol. The van der Waals surface area contributed by atoms with E-state index in [4.69, 9.17) is 5.73 Å². The van der Waals surface area contributed by atoms with Crippen molar-refractivity contribution in [1.82, 2.24) is 0 Å². The molecule has 0 saturated heterocycles. The van der Waals surface area contributed by atoms with Crippen molar-refractivity contribution in [1.29, 1.82) is 0 Å². The molecule has 0 radical (unpaired) electrons. The maximum atomic E-state index is 13.6. The quantitative estimate of drug-likeness (QED) is 0.896. The molecule has 3 heteroatoms. The van der Waals surface area contributed by atoms with Crippen molar-refractivity contribution in [3.63, 3.8) is 0 Å². The number of nitrogens with zero attached hydrogens (tertiary/aromatic N) is 1. The highest BCUT2D eigenvalue weighted by Crippen LogP contribution is 2.18. The Morgan fingerprint density at radius 3 is 2.33 bits per heavy atom. The third-order valence-electron chi connectivity index (χ3n) is 2.97. The van der Waals surface area contributed by atoms with Crippen LogP contribution in [0.3, 0.4) is 0 Å². The fourth-order valence-electron chi connectivity index (χ4n) is 1.96. The number of hydrogen-bond donors (Lipinski definition) is 1. The molecule has 18 heavy (non-hydrogen) atoms. The van der Waals surface area contributed by atoms with Gasteiger partial charge >= 0.3 is 0 Å². The van der Waals surface area contributed by atoms with Crippen LogP contribution in [0.4, 0.5) is 10.1 Å². The summed E-state index contributed by atoms with van der Waals surface area (Å²) in [5.74, 6) is -0.244. The normalized spacial score (nSPS) is 12.2.